The minimum absolute atomic E-state index is 0.0415. The van der Waals surface area contributed by atoms with Crippen molar-refractivity contribution in [2.75, 3.05) is 0 Å². The lowest BCUT2D eigenvalue weighted by Crippen LogP contribution is -2.49. The van der Waals surface area contributed by atoms with Crippen molar-refractivity contribution in [2.24, 2.45) is 35.3 Å². The molecule has 3 aliphatic carbocycles. The minimum atomic E-state index is 0.0415. The molecule has 0 aromatic heterocycles. The number of hydrogen-bond donors (Lipinski definition) is 2. The van der Waals surface area contributed by atoms with E-state index in [0.29, 0.717) is 12.0 Å². The summed E-state index contributed by atoms with van der Waals surface area (Å²) in [7, 11) is 0. The van der Waals surface area contributed by atoms with E-state index in [9.17, 15) is 4.79 Å². The zero-order chi connectivity index (χ0) is 14.3. The molecule has 0 spiro atoms. The van der Waals surface area contributed by atoms with Crippen LogP contribution in [-0.4, -0.2) is 18.0 Å². The average Bonchev–Trinajstić information content (AvgIpc) is 3.03. The molecular weight excluding hydrogens is 248 g/mol. The van der Waals surface area contributed by atoms with Crippen molar-refractivity contribution in [1.82, 2.24) is 5.32 Å². The Morgan fingerprint density at radius 1 is 1.15 bits per heavy atom. The van der Waals surface area contributed by atoms with Crippen LogP contribution in [0.5, 0.6) is 0 Å². The van der Waals surface area contributed by atoms with Crippen molar-refractivity contribution in [3.8, 4) is 0 Å². The molecule has 3 fully saturated rings. The Labute approximate surface area is 123 Å². The van der Waals surface area contributed by atoms with Gasteiger partial charge in [0.15, 0.2) is 0 Å². The second kappa shape index (κ2) is 5.67. The maximum atomic E-state index is 12.5. The largest absolute Gasteiger partial charge is 0.353 e. The Morgan fingerprint density at radius 3 is 2.60 bits per heavy atom. The van der Waals surface area contributed by atoms with Gasteiger partial charge in [0.1, 0.15) is 0 Å². The summed E-state index contributed by atoms with van der Waals surface area (Å²) in [6.45, 7) is 4.45. The third-order valence-corrected chi connectivity index (χ3v) is 6.31. The molecule has 0 saturated heterocycles. The first-order valence-corrected chi connectivity index (χ1v) is 8.60. The van der Waals surface area contributed by atoms with Crippen LogP contribution in [0.2, 0.25) is 0 Å². The van der Waals surface area contributed by atoms with Crippen LogP contribution in [0.3, 0.4) is 0 Å². The number of rotatable bonds is 3. The normalized spacial score (nSPS) is 45.4. The van der Waals surface area contributed by atoms with Crippen molar-refractivity contribution in [3.05, 3.63) is 0 Å². The van der Waals surface area contributed by atoms with Gasteiger partial charge in [-0.05, 0) is 69.1 Å². The third kappa shape index (κ3) is 2.74. The highest BCUT2D eigenvalue weighted by Crippen LogP contribution is 2.49. The van der Waals surface area contributed by atoms with Crippen LogP contribution in [0.15, 0.2) is 0 Å². The van der Waals surface area contributed by atoms with Gasteiger partial charge in [-0.25, -0.2) is 0 Å². The molecule has 7 unspecified atom stereocenters. The summed E-state index contributed by atoms with van der Waals surface area (Å²) < 4.78 is 0. The van der Waals surface area contributed by atoms with Gasteiger partial charge in [0.25, 0.3) is 0 Å². The highest BCUT2D eigenvalue weighted by Gasteiger charge is 2.42. The summed E-state index contributed by atoms with van der Waals surface area (Å²) in [5, 5.41) is 3.31. The van der Waals surface area contributed by atoms with E-state index in [0.717, 1.165) is 30.6 Å². The summed E-state index contributed by atoms with van der Waals surface area (Å²) >= 11 is 0. The number of hydrogen-bond acceptors (Lipinski definition) is 2. The molecule has 3 N–H and O–H groups in total. The minimum Gasteiger partial charge on any atom is -0.353 e. The van der Waals surface area contributed by atoms with E-state index in [2.05, 4.69) is 19.2 Å². The van der Waals surface area contributed by atoms with Crippen molar-refractivity contribution in [2.45, 2.75) is 70.9 Å². The standard InChI is InChI=1S/C17H30N2O/c1-10-3-6-16(18)15(7-10)17(20)19-11(2)14-9-12-4-5-13(14)8-12/h10-16H,3-9,18H2,1-2H3,(H,19,20). The van der Waals surface area contributed by atoms with E-state index in [4.69, 9.17) is 5.73 Å². The molecule has 0 aromatic rings. The fourth-order valence-electron chi connectivity index (χ4n) is 5.05. The highest BCUT2D eigenvalue weighted by molar-refractivity contribution is 5.79. The van der Waals surface area contributed by atoms with Crippen molar-refractivity contribution in [1.29, 1.82) is 0 Å². The Bertz CT molecular complexity index is 370. The SMILES string of the molecule is CC1CCC(N)C(C(=O)NC(C)C2CC3CCC2C3)C1. The fourth-order valence-corrected chi connectivity index (χ4v) is 5.05. The number of amides is 1. The monoisotopic (exact) mass is 278 g/mol. The molecule has 0 heterocycles. The van der Waals surface area contributed by atoms with Gasteiger partial charge in [-0.3, -0.25) is 4.79 Å². The van der Waals surface area contributed by atoms with Crippen LogP contribution in [0.25, 0.3) is 0 Å². The second-order valence-corrected chi connectivity index (χ2v) is 7.82. The molecule has 3 saturated carbocycles. The van der Waals surface area contributed by atoms with Crippen molar-refractivity contribution in [3.63, 3.8) is 0 Å². The summed E-state index contributed by atoms with van der Waals surface area (Å²) in [4.78, 5) is 12.5. The van der Waals surface area contributed by atoms with Gasteiger partial charge >= 0.3 is 0 Å². The van der Waals surface area contributed by atoms with Gasteiger partial charge in [-0.2, -0.15) is 0 Å². The first kappa shape index (κ1) is 14.4. The zero-order valence-corrected chi connectivity index (χ0v) is 13.0. The third-order valence-electron chi connectivity index (χ3n) is 6.31. The molecule has 1 amide bonds. The maximum absolute atomic E-state index is 12.5. The van der Waals surface area contributed by atoms with E-state index in [1.165, 1.54) is 32.1 Å². The van der Waals surface area contributed by atoms with Gasteiger partial charge in [-0.15, -0.1) is 0 Å². The van der Waals surface area contributed by atoms with Crippen LogP contribution in [0.1, 0.15) is 58.8 Å². The Hall–Kier alpha value is -0.570. The van der Waals surface area contributed by atoms with Crippen molar-refractivity contribution < 1.29 is 4.79 Å². The van der Waals surface area contributed by atoms with E-state index in [1.807, 2.05) is 0 Å². The molecule has 0 aliphatic heterocycles. The molecule has 2 bridgehead atoms. The molecule has 3 rings (SSSR count). The highest BCUT2D eigenvalue weighted by atomic mass is 16.2. The predicted molar refractivity (Wildman–Crippen MR) is 81.0 cm³/mol. The van der Waals surface area contributed by atoms with E-state index < -0.39 is 0 Å². The molecule has 3 nitrogen and oxygen atoms in total. The lowest BCUT2D eigenvalue weighted by atomic mass is 9.78. The smallest absolute Gasteiger partial charge is 0.224 e. The molecule has 0 radical (unpaired) electrons. The number of carbonyl (C=O) groups is 1. The average molecular weight is 278 g/mol. The van der Waals surface area contributed by atoms with E-state index in [1.54, 1.807) is 0 Å². The zero-order valence-electron chi connectivity index (χ0n) is 13.0. The Kier molecular flexibility index (Phi) is 4.07. The van der Waals surface area contributed by atoms with Gasteiger partial charge in [0, 0.05) is 12.1 Å². The van der Waals surface area contributed by atoms with Gasteiger partial charge in [0.2, 0.25) is 5.91 Å². The number of carbonyl (C=O) groups excluding carboxylic acids is 1. The van der Waals surface area contributed by atoms with E-state index in [-0.39, 0.29) is 17.9 Å². The summed E-state index contributed by atoms with van der Waals surface area (Å²) in [6.07, 6.45) is 8.69. The lowest BCUT2D eigenvalue weighted by molar-refractivity contribution is -0.128. The molecule has 7 atom stereocenters. The number of fused-ring (bicyclic) bond motifs is 2. The van der Waals surface area contributed by atoms with Gasteiger partial charge in [-0.1, -0.05) is 13.3 Å². The first-order chi connectivity index (χ1) is 9.54. The summed E-state index contributed by atoms with van der Waals surface area (Å²) in [6, 6.07) is 0.403. The lowest BCUT2D eigenvalue weighted by Gasteiger charge is -2.34. The Balaban J connectivity index is 1.55. The molecule has 20 heavy (non-hydrogen) atoms. The van der Waals surface area contributed by atoms with Gasteiger partial charge in [0.05, 0.1) is 5.92 Å². The van der Waals surface area contributed by atoms with Crippen LogP contribution < -0.4 is 11.1 Å². The summed E-state index contributed by atoms with van der Waals surface area (Å²) in [5.74, 6) is 3.44. The molecule has 0 aromatic carbocycles. The molecule has 3 heteroatoms. The van der Waals surface area contributed by atoms with Crippen LogP contribution in [0.4, 0.5) is 0 Å². The van der Waals surface area contributed by atoms with Crippen molar-refractivity contribution >= 4 is 5.91 Å². The predicted octanol–water partition coefficient (Wildman–Crippen LogP) is 2.69. The fraction of sp³-hybridized carbons (Fsp3) is 0.941. The maximum Gasteiger partial charge on any atom is 0.224 e. The second-order valence-electron chi connectivity index (χ2n) is 7.82. The van der Waals surface area contributed by atoms with Crippen LogP contribution in [0, 0.1) is 29.6 Å². The van der Waals surface area contributed by atoms with E-state index >= 15 is 0 Å². The summed E-state index contributed by atoms with van der Waals surface area (Å²) in [5.41, 5.74) is 6.17. The molecular formula is C17H30N2O. The Morgan fingerprint density at radius 2 is 1.95 bits per heavy atom. The quantitative estimate of drug-likeness (QED) is 0.834. The first-order valence-electron chi connectivity index (χ1n) is 8.60. The molecule has 3 aliphatic rings. The van der Waals surface area contributed by atoms with Gasteiger partial charge < -0.3 is 11.1 Å². The molecule has 114 valence electrons. The van der Waals surface area contributed by atoms with Crippen LogP contribution in [-0.2, 0) is 4.79 Å². The number of nitrogens with two attached hydrogens (primary N) is 1. The number of nitrogens with one attached hydrogen (secondary N) is 1. The van der Waals surface area contributed by atoms with Crippen LogP contribution >= 0.6 is 0 Å². The topological polar surface area (TPSA) is 55.1 Å².